The van der Waals surface area contributed by atoms with E-state index in [-0.39, 0.29) is 0 Å². The number of rotatable bonds is 6. The number of anilines is 1. The van der Waals surface area contributed by atoms with Crippen LogP contribution in [0.1, 0.15) is 20.3 Å². The number of hydrogen-bond acceptors (Lipinski definition) is 3. The highest BCUT2D eigenvalue weighted by Crippen LogP contribution is 2.24. The molecule has 2 rings (SSSR count). The smallest absolute Gasteiger partial charge is 0.0737 e. The molecule has 2 N–H and O–H groups in total. The van der Waals surface area contributed by atoms with Crippen LogP contribution in [0.2, 0.25) is 5.02 Å². The summed E-state index contributed by atoms with van der Waals surface area (Å²) in [5, 5.41) is 8.79. The molecule has 1 aromatic carbocycles. The summed E-state index contributed by atoms with van der Waals surface area (Å²) < 4.78 is 0. The molecule has 102 valence electrons. The SMILES string of the molecule is CCNC(CC)CNc1ccnc2cc(Cl)ccc12. The Kier molecular flexibility index (Phi) is 5.00. The molecule has 1 atom stereocenters. The van der Waals surface area contributed by atoms with Gasteiger partial charge in [-0.05, 0) is 37.2 Å². The van der Waals surface area contributed by atoms with Crippen molar-refractivity contribution in [2.75, 3.05) is 18.4 Å². The maximum absolute atomic E-state index is 5.99. The summed E-state index contributed by atoms with van der Waals surface area (Å²) >= 11 is 5.99. The Balaban J connectivity index is 2.16. The summed E-state index contributed by atoms with van der Waals surface area (Å²) in [4.78, 5) is 4.35. The lowest BCUT2D eigenvalue weighted by atomic mass is 10.1. The number of nitrogens with zero attached hydrogens (tertiary/aromatic N) is 1. The molecule has 0 aliphatic carbocycles. The van der Waals surface area contributed by atoms with Crippen LogP contribution in [0.15, 0.2) is 30.5 Å². The second kappa shape index (κ2) is 6.73. The van der Waals surface area contributed by atoms with Gasteiger partial charge in [0.1, 0.15) is 0 Å². The van der Waals surface area contributed by atoms with Gasteiger partial charge in [-0.25, -0.2) is 0 Å². The highest BCUT2D eigenvalue weighted by molar-refractivity contribution is 6.31. The molecule has 1 aromatic heterocycles. The van der Waals surface area contributed by atoms with E-state index in [1.165, 1.54) is 0 Å². The summed E-state index contributed by atoms with van der Waals surface area (Å²) in [6, 6.07) is 8.30. The average molecular weight is 278 g/mol. The molecular weight excluding hydrogens is 258 g/mol. The fraction of sp³-hybridized carbons (Fsp3) is 0.400. The summed E-state index contributed by atoms with van der Waals surface area (Å²) in [5.74, 6) is 0. The van der Waals surface area contributed by atoms with Gasteiger partial charge in [-0.2, -0.15) is 0 Å². The van der Waals surface area contributed by atoms with Crippen molar-refractivity contribution in [2.45, 2.75) is 26.3 Å². The molecule has 0 saturated carbocycles. The maximum Gasteiger partial charge on any atom is 0.0737 e. The molecule has 0 aliphatic heterocycles. The summed E-state index contributed by atoms with van der Waals surface area (Å²) in [7, 11) is 0. The molecule has 3 nitrogen and oxygen atoms in total. The highest BCUT2D eigenvalue weighted by Gasteiger charge is 2.06. The maximum atomic E-state index is 5.99. The third-order valence-corrected chi connectivity index (χ3v) is 3.46. The zero-order valence-electron chi connectivity index (χ0n) is 11.4. The average Bonchev–Trinajstić information content (AvgIpc) is 2.43. The van der Waals surface area contributed by atoms with E-state index in [9.17, 15) is 0 Å². The minimum absolute atomic E-state index is 0.487. The number of pyridine rings is 1. The van der Waals surface area contributed by atoms with Crippen molar-refractivity contribution in [2.24, 2.45) is 0 Å². The third kappa shape index (κ3) is 3.58. The molecule has 0 saturated heterocycles. The van der Waals surface area contributed by atoms with Crippen LogP contribution in [-0.4, -0.2) is 24.1 Å². The van der Waals surface area contributed by atoms with Crippen molar-refractivity contribution in [3.8, 4) is 0 Å². The number of aromatic nitrogens is 1. The molecule has 0 amide bonds. The Hall–Kier alpha value is -1.32. The van der Waals surface area contributed by atoms with Crippen molar-refractivity contribution in [3.05, 3.63) is 35.5 Å². The fourth-order valence-electron chi connectivity index (χ4n) is 2.16. The standard InChI is InChI=1S/C15H20ClN3/c1-3-12(17-4-2)10-19-14-7-8-18-15-9-11(16)5-6-13(14)15/h5-9,12,17H,3-4,10H2,1-2H3,(H,18,19). The van der Waals surface area contributed by atoms with Crippen LogP contribution < -0.4 is 10.6 Å². The fourth-order valence-corrected chi connectivity index (χ4v) is 2.32. The van der Waals surface area contributed by atoms with Crippen LogP contribution in [0.3, 0.4) is 0 Å². The van der Waals surface area contributed by atoms with E-state index < -0.39 is 0 Å². The van der Waals surface area contributed by atoms with Crippen LogP contribution in [0.4, 0.5) is 5.69 Å². The predicted molar refractivity (Wildman–Crippen MR) is 83.0 cm³/mol. The molecule has 2 aromatic rings. The Morgan fingerprint density at radius 2 is 2.11 bits per heavy atom. The Labute approximate surface area is 119 Å². The number of halogens is 1. The summed E-state index contributed by atoms with van der Waals surface area (Å²) in [5.41, 5.74) is 2.03. The molecule has 4 heteroatoms. The molecule has 0 radical (unpaired) electrons. The van der Waals surface area contributed by atoms with Crippen molar-refractivity contribution in [3.63, 3.8) is 0 Å². The first-order chi connectivity index (χ1) is 9.24. The van der Waals surface area contributed by atoms with Crippen molar-refractivity contribution in [1.29, 1.82) is 0 Å². The zero-order chi connectivity index (χ0) is 13.7. The second-order valence-electron chi connectivity index (χ2n) is 4.56. The van der Waals surface area contributed by atoms with E-state index >= 15 is 0 Å². The van der Waals surface area contributed by atoms with Gasteiger partial charge in [0.15, 0.2) is 0 Å². The molecule has 1 unspecified atom stereocenters. The molecular formula is C15H20ClN3. The molecule has 0 fully saturated rings. The van der Waals surface area contributed by atoms with Gasteiger partial charge in [-0.3, -0.25) is 4.98 Å². The first-order valence-corrected chi connectivity index (χ1v) is 7.14. The molecule has 0 spiro atoms. The van der Waals surface area contributed by atoms with Gasteiger partial charge in [0.2, 0.25) is 0 Å². The van der Waals surface area contributed by atoms with E-state index in [1.807, 2.05) is 30.5 Å². The van der Waals surface area contributed by atoms with Gasteiger partial charge in [-0.15, -0.1) is 0 Å². The van der Waals surface area contributed by atoms with Gasteiger partial charge in [-0.1, -0.05) is 25.4 Å². The normalized spacial score (nSPS) is 12.6. The monoisotopic (exact) mass is 277 g/mol. The van der Waals surface area contributed by atoms with Crippen molar-refractivity contribution in [1.82, 2.24) is 10.3 Å². The highest BCUT2D eigenvalue weighted by atomic mass is 35.5. The van der Waals surface area contributed by atoms with Gasteiger partial charge < -0.3 is 10.6 Å². The molecule has 0 aliphatic rings. The van der Waals surface area contributed by atoms with Crippen LogP contribution in [0.5, 0.6) is 0 Å². The minimum atomic E-state index is 0.487. The van der Waals surface area contributed by atoms with E-state index in [4.69, 9.17) is 11.6 Å². The Morgan fingerprint density at radius 1 is 1.26 bits per heavy atom. The number of likely N-dealkylation sites (N-methyl/N-ethyl adjacent to an activating group) is 1. The summed E-state index contributed by atoms with van der Waals surface area (Å²) in [6.45, 7) is 6.23. The largest absolute Gasteiger partial charge is 0.383 e. The number of nitrogens with one attached hydrogen (secondary N) is 2. The van der Waals surface area contributed by atoms with Crippen LogP contribution in [-0.2, 0) is 0 Å². The van der Waals surface area contributed by atoms with E-state index in [1.54, 1.807) is 0 Å². The second-order valence-corrected chi connectivity index (χ2v) is 5.00. The van der Waals surface area contributed by atoms with Crippen LogP contribution >= 0.6 is 11.6 Å². The molecule has 1 heterocycles. The van der Waals surface area contributed by atoms with E-state index in [0.717, 1.165) is 41.1 Å². The van der Waals surface area contributed by atoms with Crippen LogP contribution in [0.25, 0.3) is 10.9 Å². The topological polar surface area (TPSA) is 37.0 Å². The van der Waals surface area contributed by atoms with E-state index in [2.05, 4.69) is 29.5 Å². The molecule has 19 heavy (non-hydrogen) atoms. The minimum Gasteiger partial charge on any atom is -0.383 e. The van der Waals surface area contributed by atoms with Crippen LogP contribution in [0, 0.1) is 0 Å². The predicted octanol–water partition coefficient (Wildman–Crippen LogP) is 3.69. The van der Waals surface area contributed by atoms with Gasteiger partial charge in [0.05, 0.1) is 5.52 Å². The first-order valence-electron chi connectivity index (χ1n) is 6.76. The van der Waals surface area contributed by atoms with Crippen molar-refractivity contribution >= 4 is 28.2 Å². The number of hydrogen-bond donors (Lipinski definition) is 2. The first kappa shape index (κ1) is 14.1. The van der Waals surface area contributed by atoms with E-state index in [0.29, 0.717) is 6.04 Å². The number of benzene rings is 1. The van der Waals surface area contributed by atoms with Crippen molar-refractivity contribution < 1.29 is 0 Å². The molecule has 0 bridgehead atoms. The quantitative estimate of drug-likeness (QED) is 0.846. The summed E-state index contributed by atoms with van der Waals surface area (Å²) in [6.07, 6.45) is 2.92. The Bertz CT molecular complexity index is 542. The number of fused-ring (bicyclic) bond motifs is 1. The zero-order valence-corrected chi connectivity index (χ0v) is 12.2. The van der Waals surface area contributed by atoms with Gasteiger partial charge >= 0.3 is 0 Å². The lowest BCUT2D eigenvalue weighted by molar-refractivity contribution is 0.533. The third-order valence-electron chi connectivity index (χ3n) is 3.23. The lowest BCUT2D eigenvalue weighted by Crippen LogP contribution is -2.34. The lowest BCUT2D eigenvalue weighted by Gasteiger charge is -2.18. The Morgan fingerprint density at radius 3 is 2.84 bits per heavy atom. The van der Waals surface area contributed by atoms with Gasteiger partial charge in [0, 0.05) is 34.9 Å². The van der Waals surface area contributed by atoms with Gasteiger partial charge in [0.25, 0.3) is 0 Å².